The number of nitriles is 1. The van der Waals surface area contributed by atoms with Gasteiger partial charge in [-0.3, -0.25) is 9.78 Å². The number of hydrogen-bond donors (Lipinski definition) is 2. The van der Waals surface area contributed by atoms with Crippen LogP contribution in [0.5, 0.6) is 0 Å². The number of aromatic nitrogens is 1. The summed E-state index contributed by atoms with van der Waals surface area (Å²) in [4.78, 5) is 29.2. The third-order valence-electron chi connectivity index (χ3n) is 3.88. The summed E-state index contributed by atoms with van der Waals surface area (Å²) >= 11 is 0. The summed E-state index contributed by atoms with van der Waals surface area (Å²) in [6, 6.07) is 4.39. The number of pyridine rings is 1. The van der Waals surface area contributed by atoms with Crippen LogP contribution in [0.1, 0.15) is 32.5 Å². The first-order valence-corrected chi connectivity index (χ1v) is 7.87. The summed E-state index contributed by atoms with van der Waals surface area (Å²) in [6.07, 6.45) is 1.12. The molecule has 2 N–H and O–H groups in total. The fourth-order valence-electron chi connectivity index (χ4n) is 2.58. The number of carbonyl (C=O) groups excluding carboxylic acids is 2. The molecule has 1 aliphatic rings. The maximum Gasteiger partial charge on any atom is 0.322 e. The van der Waals surface area contributed by atoms with E-state index < -0.39 is 36.1 Å². The van der Waals surface area contributed by atoms with E-state index in [1.165, 1.54) is 13.0 Å². The van der Waals surface area contributed by atoms with Gasteiger partial charge in [-0.15, -0.1) is 0 Å². The second kappa shape index (κ2) is 7.37. The van der Waals surface area contributed by atoms with Gasteiger partial charge >= 0.3 is 6.03 Å². The minimum atomic E-state index is -2.81. The molecule has 0 unspecified atom stereocenters. The van der Waals surface area contributed by atoms with Crippen molar-refractivity contribution in [2.45, 2.75) is 19.5 Å². The Balaban J connectivity index is 1.79. The maximum atomic E-state index is 14.1. The fraction of sp³-hybridized carbons (Fsp3) is 0.222. The van der Waals surface area contributed by atoms with E-state index in [-0.39, 0.29) is 17.8 Å². The van der Waals surface area contributed by atoms with E-state index in [1.54, 1.807) is 6.07 Å². The van der Waals surface area contributed by atoms with E-state index in [4.69, 9.17) is 8.00 Å². The Kier molecular flexibility index (Phi) is 4.28. The minimum absolute atomic E-state index is 0.00371. The molecule has 0 bridgehead atoms. The van der Waals surface area contributed by atoms with Crippen molar-refractivity contribution in [1.29, 1.82) is 5.26 Å². The van der Waals surface area contributed by atoms with Crippen LogP contribution in [-0.2, 0) is 11.3 Å². The van der Waals surface area contributed by atoms with Gasteiger partial charge in [-0.05, 0) is 36.8 Å². The molecule has 0 saturated carbocycles. The van der Waals surface area contributed by atoms with Crippen molar-refractivity contribution >= 4 is 17.6 Å². The van der Waals surface area contributed by atoms with Gasteiger partial charge < -0.3 is 15.5 Å². The van der Waals surface area contributed by atoms with Crippen molar-refractivity contribution < 1.29 is 21.1 Å². The molecule has 3 amide bonds. The van der Waals surface area contributed by atoms with E-state index in [9.17, 15) is 18.4 Å². The van der Waals surface area contributed by atoms with Gasteiger partial charge in [-0.1, -0.05) is 0 Å². The SMILES string of the molecule is [2H]C([2H])(C(=O)N[C@@H](C)c1ncc(C#N)cc1F)N1Cc2cc(F)ccc2NC1=O. The molecule has 2 aromatic rings. The Labute approximate surface area is 156 Å². The van der Waals surface area contributed by atoms with Crippen LogP contribution in [0, 0.1) is 23.0 Å². The summed E-state index contributed by atoms with van der Waals surface area (Å²) in [5.41, 5.74) is 0.426. The second-order valence-electron chi connectivity index (χ2n) is 5.83. The maximum absolute atomic E-state index is 14.1. The van der Waals surface area contributed by atoms with Crippen molar-refractivity contribution in [3.63, 3.8) is 0 Å². The normalized spacial score (nSPS) is 15.6. The van der Waals surface area contributed by atoms with E-state index in [2.05, 4.69) is 15.6 Å². The molecule has 1 aromatic carbocycles. The van der Waals surface area contributed by atoms with Crippen molar-refractivity contribution in [2.75, 3.05) is 11.8 Å². The topological polar surface area (TPSA) is 98.1 Å². The average Bonchev–Trinajstić information content (AvgIpc) is 2.67. The molecule has 0 radical (unpaired) electrons. The Morgan fingerprint density at radius 1 is 1.52 bits per heavy atom. The predicted octanol–water partition coefficient (Wildman–Crippen LogP) is 2.46. The highest BCUT2D eigenvalue weighted by Crippen LogP contribution is 2.24. The number of halogens is 2. The number of hydrogen-bond acceptors (Lipinski definition) is 4. The summed E-state index contributed by atoms with van der Waals surface area (Å²) in [7, 11) is 0. The number of anilines is 1. The lowest BCUT2D eigenvalue weighted by Gasteiger charge is -2.29. The molecule has 0 saturated heterocycles. The molecule has 2 heterocycles. The molecule has 27 heavy (non-hydrogen) atoms. The number of rotatable bonds is 4. The molecular formula is C18H15F2N5O2. The van der Waals surface area contributed by atoms with Crippen molar-refractivity contribution in [2.24, 2.45) is 0 Å². The monoisotopic (exact) mass is 373 g/mol. The zero-order valence-electron chi connectivity index (χ0n) is 16.1. The van der Waals surface area contributed by atoms with Crippen LogP contribution in [-0.4, -0.2) is 28.3 Å². The highest BCUT2D eigenvalue weighted by Gasteiger charge is 2.25. The lowest BCUT2D eigenvalue weighted by atomic mass is 10.1. The molecule has 0 fully saturated rings. The molecule has 3 rings (SSSR count). The summed E-state index contributed by atoms with van der Waals surface area (Å²) in [6.45, 7) is -1.77. The highest BCUT2D eigenvalue weighted by atomic mass is 19.1. The van der Waals surface area contributed by atoms with Gasteiger partial charge in [0.25, 0.3) is 0 Å². The van der Waals surface area contributed by atoms with Gasteiger partial charge in [-0.25, -0.2) is 13.6 Å². The van der Waals surface area contributed by atoms with Crippen LogP contribution in [0.3, 0.4) is 0 Å². The molecule has 9 heteroatoms. The van der Waals surface area contributed by atoms with Crippen LogP contribution in [0.15, 0.2) is 30.5 Å². The van der Waals surface area contributed by atoms with Crippen LogP contribution in [0.4, 0.5) is 19.3 Å². The van der Waals surface area contributed by atoms with Gasteiger partial charge in [-0.2, -0.15) is 5.26 Å². The van der Waals surface area contributed by atoms with Gasteiger partial charge in [0.2, 0.25) is 5.91 Å². The lowest BCUT2D eigenvalue weighted by Crippen LogP contribution is -2.45. The van der Waals surface area contributed by atoms with E-state index >= 15 is 0 Å². The van der Waals surface area contributed by atoms with Crippen LogP contribution in [0.2, 0.25) is 0 Å². The number of urea groups is 1. The number of carbonyl (C=O) groups is 2. The van der Waals surface area contributed by atoms with Crippen LogP contribution >= 0.6 is 0 Å². The van der Waals surface area contributed by atoms with Gasteiger partial charge in [0.1, 0.15) is 24.2 Å². The number of fused-ring (bicyclic) bond motifs is 1. The third kappa shape index (κ3) is 4.00. The second-order valence-corrected chi connectivity index (χ2v) is 5.83. The van der Waals surface area contributed by atoms with Crippen LogP contribution < -0.4 is 10.6 Å². The summed E-state index contributed by atoms with van der Waals surface area (Å²) in [5.74, 6) is -2.61. The molecule has 7 nitrogen and oxygen atoms in total. The van der Waals surface area contributed by atoms with Gasteiger partial charge in [0.15, 0.2) is 0 Å². The largest absolute Gasteiger partial charge is 0.346 e. The smallest absolute Gasteiger partial charge is 0.322 e. The van der Waals surface area contributed by atoms with Crippen molar-refractivity contribution in [1.82, 2.24) is 15.2 Å². The van der Waals surface area contributed by atoms with E-state index in [0.717, 1.165) is 24.4 Å². The fourth-order valence-corrected chi connectivity index (χ4v) is 2.58. The molecule has 0 spiro atoms. The van der Waals surface area contributed by atoms with Crippen molar-refractivity contribution in [3.8, 4) is 6.07 Å². The Morgan fingerprint density at radius 3 is 3.00 bits per heavy atom. The number of amides is 3. The standard InChI is InChI=1S/C18H15F2N5O2/c1-10(17-14(20)4-11(6-21)7-22-17)23-16(26)9-25-8-12-5-13(19)2-3-15(12)24-18(25)27/h2-5,7,10H,8-9H2,1H3,(H,23,26)(H,24,27)/t10-/m0/s1/i9D2. The molecular weight excluding hydrogens is 356 g/mol. The Morgan fingerprint density at radius 2 is 2.30 bits per heavy atom. The number of nitrogens with zero attached hydrogens (tertiary/aromatic N) is 3. The Bertz CT molecular complexity index is 1040. The summed E-state index contributed by atoms with van der Waals surface area (Å²) < 4.78 is 43.7. The number of benzene rings is 1. The molecule has 1 aliphatic heterocycles. The molecule has 0 aliphatic carbocycles. The predicted molar refractivity (Wildman–Crippen MR) is 91.3 cm³/mol. The average molecular weight is 373 g/mol. The van der Waals surface area contributed by atoms with E-state index in [0.29, 0.717) is 16.2 Å². The zero-order chi connectivity index (χ0) is 21.3. The lowest BCUT2D eigenvalue weighted by molar-refractivity contribution is -0.122. The zero-order valence-corrected chi connectivity index (χ0v) is 14.1. The first kappa shape index (κ1) is 15.7. The summed E-state index contributed by atoms with van der Waals surface area (Å²) in [5, 5.41) is 13.4. The van der Waals surface area contributed by atoms with Crippen LogP contribution in [0.25, 0.3) is 0 Å². The first-order valence-electron chi connectivity index (χ1n) is 8.87. The minimum Gasteiger partial charge on any atom is -0.346 e. The number of nitrogens with one attached hydrogen (secondary N) is 2. The van der Waals surface area contributed by atoms with E-state index in [1.807, 2.05) is 0 Å². The highest BCUT2D eigenvalue weighted by molar-refractivity contribution is 5.94. The Hall–Kier alpha value is -3.54. The van der Waals surface area contributed by atoms with Gasteiger partial charge in [0.05, 0.1) is 26.6 Å². The molecule has 1 aromatic heterocycles. The van der Waals surface area contributed by atoms with Gasteiger partial charge in [0, 0.05) is 11.9 Å². The van der Waals surface area contributed by atoms with Crippen molar-refractivity contribution in [3.05, 3.63) is 58.9 Å². The molecule has 138 valence electrons. The third-order valence-corrected chi connectivity index (χ3v) is 3.88. The molecule has 1 atom stereocenters. The quantitative estimate of drug-likeness (QED) is 0.860. The first-order chi connectivity index (χ1) is 13.6.